The Morgan fingerprint density at radius 1 is 1.55 bits per heavy atom. The van der Waals surface area contributed by atoms with Gasteiger partial charge in [-0.2, -0.15) is 0 Å². The Morgan fingerprint density at radius 3 is 3.18 bits per heavy atom. The molecule has 2 heteroatoms. The fourth-order valence-corrected chi connectivity index (χ4v) is 1.08. The summed E-state index contributed by atoms with van der Waals surface area (Å²) in [6, 6.07) is 0.343. The van der Waals surface area contributed by atoms with E-state index in [9.17, 15) is 0 Å². The molecule has 0 N–H and O–H groups in total. The van der Waals surface area contributed by atoms with Gasteiger partial charge in [0.2, 0.25) is 0 Å². The normalized spacial score (nSPS) is 31.8. The summed E-state index contributed by atoms with van der Waals surface area (Å²) in [5.41, 5.74) is 0. The highest BCUT2D eigenvalue weighted by molar-refractivity contribution is 5.54. The number of hydrogen-bond donors (Lipinski definition) is 0. The summed E-state index contributed by atoms with van der Waals surface area (Å²) in [5, 5.41) is 0. The molecule has 0 spiro atoms. The van der Waals surface area contributed by atoms with Gasteiger partial charge < -0.3 is 4.90 Å². The number of allylic oxidation sites excluding steroid dienone is 1. The average Bonchev–Trinajstić information content (AvgIpc) is 2.06. The van der Waals surface area contributed by atoms with Crippen LogP contribution in [-0.2, 0) is 0 Å². The van der Waals surface area contributed by atoms with Crippen LogP contribution in [-0.4, -0.2) is 30.9 Å². The summed E-state index contributed by atoms with van der Waals surface area (Å²) in [6.45, 7) is 3.22. The molecule has 0 fully saturated rings. The molecule has 0 radical (unpaired) electrons. The summed E-state index contributed by atoms with van der Waals surface area (Å²) in [5.74, 6) is 0. The van der Waals surface area contributed by atoms with Crippen LogP contribution in [0.25, 0.3) is 0 Å². The topological polar surface area (TPSA) is 15.6 Å². The van der Waals surface area contributed by atoms with Crippen LogP contribution in [0.4, 0.5) is 0 Å². The highest BCUT2D eigenvalue weighted by atomic mass is 15.1. The van der Waals surface area contributed by atoms with Crippen LogP contribution in [0.5, 0.6) is 0 Å². The Balaban J connectivity index is 2.51. The Morgan fingerprint density at radius 2 is 2.36 bits per heavy atom. The highest BCUT2D eigenvalue weighted by Crippen LogP contribution is 2.00. The summed E-state index contributed by atoms with van der Waals surface area (Å²) in [6.07, 6.45) is 8.72. The Bertz CT molecular complexity index is 161. The van der Waals surface area contributed by atoms with Gasteiger partial charge in [0.15, 0.2) is 0 Å². The molecule has 0 aromatic rings. The van der Waals surface area contributed by atoms with E-state index < -0.39 is 0 Å². The molecular formula is C9H16N2. The van der Waals surface area contributed by atoms with E-state index >= 15 is 0 Å². The van der Waals surface area contributed by atoms with E-state index in [4.69, 9.17) is 0 Å². The second-order valence-electron chi connectivity index (χ2n) is 3.06. The van der Waals surface area contributed by atoms with Gasteiger partial charge in [0, 0.05) is 13.6 Å². The minimum atomic E-state index is 0.343. The van der Waals surface area contributed by atoms with E-state index in [-0.39, 0.29) is 0 Å². The van der Waals surface area contributed by atoms with Crippen LogP contribution in [0.15, 0.2) is 17.1 Å². The van der Waals surface area contributed by atoms with Gasteiger partial charge in [-0.15, -0.1) is 0 Å². The van der Waals surface area contributed by atoms with Crippen LogP contribution >= 0.6 is 0 Å². The van der Waals surface area contributed by atoms with Crippen molar-refractivity contribution in [1.82, 2.24) is 4.90 Å². The first-order valence-electron chi connectivity index (χ1n) is 4.19. The van der Waals surface area contributed by atoms with Gasteiger partial charge in [-0.25, -0.2) is 0 Å². The van der Waals surface area contributed by atoms with Gasteiger partial charge in [-0.1, -0.05) is 12.2 Å². The molecule has 1 aliphatic heterocycles. The zero-order chi connectivity index (χ0) is 8.10. The standard InChI is InChI=1S/C9H16N2/c1-9-6-4-3-5-7-11(2)8-10-9/h4,6,8-9H,3,5,7H2,1-2H3/b6-4-,10-8-. The van der Waals surface area contributed by atoms with Crippen LogP contribution in [0.1, 0.15) is 19.8 Å². The van der Waals surface area contributed by atoms with E-state index in [0.717, 1.165) is 6.54 Å². The lowest BCUT2D eigenvalue weighted by molar-refractivity contribution is 0.503. The van der Waals surface area contributed by atoms with Crippen molar-refractivity contribution in [3.8, 4) is 0 Å². The first kappa shape index (κ1) is 8.31. The molecule has 1 rings (SSSR count). The Kier molecular flexibility index (Phi) is 3.14. The smallest absolute Gasteiger partial charge is 0.0854 e. The van der Waals surface area contributed by atoms with Crippen LogP contribution < -0.4 is 0 Å². The van der Waals surface area contributed by atoms with Gasteiger partial charge in [0.1, 0.15) is 0 Å². The third-order valence-corrected chi connectivity index (χ3v) is 1.80. The van der Waals surface area contributed by atoms with Gasteiger partial charge in [0.25, 0.3) is 0 Å². The average molecular weight is 152 g/mol. The Labute approximate surface area is 68.6 Å². The van der Waals surface area contributed by atoms with Crippen molar-refractivity contribution >= 4 is 6.34 Å². The number of hydrogen-bond acceptors (Lipinski definition) is 2. The molecule has 0 aromatic carbocycles. The maximum Gasteiger partial charge on any atom is 0.0854 e. The molecule has 11 heavy (non-hydrogen) atoms. The number of aliphatic imine (C=N–C) groups is 1. The molecule has 0 aliphatic carbocycles. The maximum absolute atomic E-state index is 4.34. The lowest BCUT2D eigenvalue weighted by atomic mass is 10.2. The lowest BCUT2D eigenvalue weighted by Gasteiger charge is -2.10. The molecule has 1 aliphatic rings. The van der Waals surface area contributed by atoms with E-state index in [1.165, 1.54) is 12.8 Å². The van der Waals surface area contributed by atoms with Crippen molar-refractivity contribution in [2.24, 2.45) is 4.99 Å². The first-order chi connectivity index (χ1) is 5.29. The second kappa shape index (κ2) is 4.16. The fourth-order valence-electron chi connectivity index (χ4n) is 1.08. The van der Waals surface area contributed by atoms with Crippen molar-refractivity contribution in [3.63, 3.8) is 0 Å². The summed E-state index contributed by atoms with van der Waals surface area (Å²) < 4.78 is 0. The molecule has 2 nitrogen and oxygen atoms in total. The quantitative estimate of drug-likeness (QED) is 0.482. The van der Waals surface area contributed by atoms with Crippen molar-refractivity contribution in [2.75, 3.05) is 13.6 Å². The molecule has 1 heterocycles. The minimum absolute atomic E-state index is 0.343. The molecule has 0 aromatic heterocycles. The van der Waals surface area contributed by atoms with Gasteiger partial charge >= 0.3 is 0 Å². The zero-order valence-corrected chi connectivity index (χ0v) is 7.33. The number of nitrogens with zero attached hydrogens (tertiary/aromatic N) is 2. The largest absolute Gasteiger partial charge is 0.366 e. The third-order valence-electron chi connectivity index (χ3n) is 1.80. The summed E-state index contributed by atoms with van der Waals surface area (Å²) >= 11 is 0. The Hall–Kier alpha value is -0.790. The first-order valence-corrected chi connectivity index (χ1v) is 4.19. The van der Waals surface area contributed by atoms with Crippen molar-refractivity contribution in [1.29, 1.82) is 0 Å². The molecule has 0 amide bonds. The summed E-state index contributed by atoms with van der Waals surface area (Å²) in [7, 11) is 2.07. The molecular weight excluding hydrogens is 136 g/mol. The monoisotopic (exact) mass is 152 g/mol. The van der Waals surface area contributed by atoms with Gasteiger partial charge in [-0.3, -0.25) is 4.99 Å². The lowest BCUT2D eigenvalue weighted by Crippen LogP contribution is -2.17. The molecule has 0 saturated carbocycles. The van der Waals surface area contributed by atoms with Gasteiger partial charge in [-0.05, 0) is 19.8 Å². The molecule has 62 valence electrons. The maximum atomic E-state index is 4.34. The SMILES string of the molecule is CC1/C=C\CCCN(C)/C=N\1. The molecule has 1 atom stereocenters. The third kappa shape index (κ3) is 3.21. The van der Waals surface area contributed by atoms with Gasteiger partial charge in [0.05, 0.1) is 12.4 Å². The summed E-state index contributed by atoms with van der Waals surface area (Å²) in [4.78, 5) is 6.48. The highest BCUT2D eigenvalue weighted by Gasteiger charge is 1.96. The van der Waals surface area contributed by atoms with Crippen molar-refractivity contribution in [3.05, 3.63) is 12.2 Å². The van der Waals surface area contributed by atoms with Crippen LogP contribution in [0.2, 0.25) is 0 Å². The van der Waals surface area contributed by atoms with E-state index in [1.54, 1.807) is 0 Å². The van der Waals surface area contributed by atoms with Crippen LogP contribution in [0, 0.1) is 0 Å². The van der Waals surface area contributed by atoms with E-state index in [0.29, 0.717) is 6.04 Å². The minimum Gasteiger partial charge on any atom is -0.366 e. The van der Waals surface area contributed by atoms with E-state index in [1.807, 2.05) is 6.34 Å². The molecule has 0 bridgehead atoms. The molecule has 0 saturated heterocycles. The van der Waals surface area contributed by atoms with Crippen molar-refractivity contribution in [2.45, 2.75) is 25.8 Å². The molecule has 1 unspecified atom stereocenters. The predicted octanol–water partition coefficient (Wildman–Crippen LogP) is 1.68. The predicted molar refractivity (Wildman–Crippen MR) is 49.0 cm³/mol. The number of rotatable bonds is 0. The van der Waals surface area contributed by atoms with Crippen molar-refractivity contribution < 1.29 is 0 Å². The zero-order valence-electron chi connectivity index (χ0n) is 7.33. The van der Waals surface area contributed by atoms with Crippen LogP contribution in [0.3, 0.4) is 0 Å². The van der Waals surface area contributed by atoms with E-state index in [2.05, 4.69) is 36.0 Å². The second-order valence-corrected chi connectivity index (χ2v) is 3.06. The fraction of sp³-hybridized carbons (Fsp3) is 0.667.